The van der Waals surface area contributed by atoms with Gasteiger partial charge in [-0.1, -0.05) is 6.08 Å². The Labute approximate surface area is 111 Å². The molecule has 0 aliphatic rings. The highest BCUT2D eigenvalue weighted by atomic mass is 19.2. The molecular weight excluding hydrogens is 279 g/mol. The van der Waals surface area contributed by atoms with Crippen molar-refractivity contribution in [3.8, 4) is 5.75 Å². The highest BCUT2D eigenvalue weighted by Gasteiger charge is 2.32. The summed E-state index contributed by atoms with van der Waals surface area (Å²) in [6.07, 6.45) is 1.23. The molecule has 0 aliphatic heterocycles. The second-order valence-electron chi connectivity index (χ2n) is 3.53. The van der Waals surface area contributed by atoms with Gasteiger partial charge >= 0.3 is 5.97 Å². The second-order valence-corrected chi connectivity index (χ2v) is 3.53. The van der Waals surface area contributed by atoms with E-state index in [9.17, 15) is 22.8 Å². The lowest BCUT2D eigenvalue weighted by atomic mass is 10.0. The first kappa shape index (κ1) is 15.5. The van der Waals surface area contributed by atoms with E-state index in [1.807, 2.05) is 5.32 Å². The fraction of sp³-hybridized carbons (Fsp3) is 0.167. The van der Waals surface area contributed by atoms with Gasteiger partial charge in [-0.05, 0) is 0 Å². The van der Waals surface area contributed by atoms with Gasteiger partial charge in [-0.15, -0.1) is 6.58 Å². The van der Waals surface area contributed by atoms with Crippen LogP contribution in [0.2, 0.25) is 0 Å². The summed E-state index contributed by atoms with van der Waals surface area (Å²) in [5, 5.41) is 10.9. The van der Waals surface area contributed by atoms with Crippen LogP contribution in [0.5, 0.6) is 5.75 Å². The highest BCUT2D eigenvalue weighted by Crippen LogP contribution is 2.30. The van der Waals surface area contributed by atoms with Crippen LogP contribution in [0.15, 0.2) is 12.7 Å². The van der Waals surface area contributed by atoms with Crippen LogP contribution in [0.4, 0.5) is 13.2 Å². The van der Waals surface area contributed by atoms with Gasteiger partial charge in [-0.3, -0.25) is 4.79 Å². The molecule has 0 saturated heterocycles. The molecule has 2 N–H and O–H groups in total. The van der Waals surface area contributed by atoms with Crippen LogP contribution in [-0.4, -0.2) is 30.6 Å². The van der Waals surface area contributed by atoms with E-state index in [2.05, 4.69) is 11.3 Å². The Morgan fingerprint density at radius 2 is 1.85 bits per heavy atom. The SMILES string of the molecule is C=CCNC(=O)c1c(F)c(F)c(OC)c(F)c1C(=O)O. The van der Waals surface area contributed by atoms with Gasteiger partial charge in [-0.2, -0.15) is 4.39 Å². The minimum atomic E-state index is -1.93. The van der Waals surface area contributed by atoms with Crippen LogP contribution in [0, 0.1) is 17.5 Å². The molecule has 8 heteroatoms. The maximum Gasteiger partial charge on any atom is 0.339 e. The predicted octanol–water partition coefficient (Wildman–Crippen LogP) is 1.73. The van der Waals surface area contributed by atoms with E-state index in [1.54, 1.807) is 0 Å². The fourth-order valence-electron chi connectivity index (χ4n) is 1.49. The third-order valence-corrected chi connectivity index (χ3v) is 2.33. The van der Waals surface area contributed by atoms with E-state index < -0.39 is 46.2 Å². The summed E-state index contributed by atoms with van der Waals surface area (Å²) in [6, 6.07) is 0. The van der Waals surface area contributed by atoms with Crippen LogP contribution >= 0.6 is 0 Å². The smallest absolute Gasteiger partial charge is 0.339 e. The van der Waals surface area contributed by atoms with Crippen molar-refractivity contribution >= 4 is 11.9 Å². The molecule has 1 aromatic carbocycles. The summed E-state index contributed by atoms with van der Waals surface area (Å²) >= 11 is 0. The normalized spacial score (nSPS) is 10.0. The number of hydrogen-bond donors (Lipinski definition) is 2. The summed E-state index contributed by atoms with van der Waals surface area (Å²) in [4.78, 5) is 22.6. The Bertz CT molecular complexity index is 587. The first-order valence-electron chi connectivity index (χ1n) is 5.23. The van der Waals surface area contributed by atoms with Crippen molar-refractivity contribution in [3.63, 3.8) is 0 Å². The van der Waals surface area contributed by atoms with Gasteiger partial charge in [0.15, 0.2) is 17.4 Å². The zero-order valence-corrected chi connectivity index (χ0v) is 10.3. The molecule has 0 radical (unpaired) electrons. The number of ether oxygens (including phenoxy) is 1. The average Bonchev–Trinajstić information content (AvgIpc) is 2.40. The van der Waals surface area contributed by atoms with Crippen molar-refractivity contribution in [1.29, 1.82) is 0 Å². The first-order chi connectivity index (χ1) is 9.36. The number of amides is 1. The van der Waals surface area contributed by atoms with Crippen LogP contribution in [0.3, 0.4) is 0 Å². The van der Waals surface area contributed by atoms with Gasteiger partial charge in [0, 0.05) is 6.54 Å². The van der Waals surface area contributed by atoms with Gasteiger partial charge in [0.1, 0.15) is 5.56 Å². The molecule has 0 aromatic heterocycles. The zero-order chi connectivity index (χ0) is 15.4. The molecule has 0 atom stereocenters. The molecule has 108 valence electrons. The molecule has 1 aromatic rings. The Hall–Kier alpha value is -2.51. The zero-order valence-electron chi connectivity index (χ0n) is 10.3. The van der Waals surface area contributed by atoms with E-state index >= 15 is 0 Å². The van der Waals surface area contributed by atoms with Crippen LogP contribution in [-0.2, 0) is 0 Å². The Balaban J connectivity index is 3.61. The molecule has 1 amide bonds. The fourth-order valence-corrected chi connectivity index (χ4v) is 1.49. The lowest BCUT2D eigenvalue weighted by Gasteiger charge is -2.12. The Morgan fingerprint density at radius 1 is 1.25 bits per heavy atom. The van der Waals surface area contributed by atoms with Crippen molar-refractivity contribution in [2.45, 2.75) is 0 Å². The molecule has 1 rings (SSSR count). The Morgan fingerprint density at radius 3 is 2.30 bits per heavy atom. The van der Waals surface area contributed by atoms with E-state index in [0.717, 1.165) is 7.11 Å². The number of rotatable bonds is 5. The molecule has 0 saturated carbocycles. The second kappa shape index (κ2) is 6.09. The number of benzene rings is 1. The topological polar surface area (TPSA) is 75.6 Å². The number of nitrogens with one attached hydrogen (secondary N) is 1. The van der Waals surface area contributed by atoms with Crippen molar-refractivity contribution in [3.05, 3.63) is 41.2 Å². The van der Waals surface area contributed by atoms with Gasteiger partial charge in [0.2, 0.25) is 5.82 Å². The molecule has 0 unspecified atom stereocenters. The maximum atomic E-state index is 13.8. The summed E-state index contributed by atoms with van der Waals surface area (Å²) in [5.74, 6) is -9.66. The third kappa shape index (κ3) is 2.58. The Kier molecular flexibility index (Phi) is 4.73. The average molecular weight is 289 g/mol. The number of hydrogen-bond acceptors (Lipinski definition) is 3. The summed E-state index contributed by atoms with van der Waals surface area (Å²) in [5.41, 5.74) is -2.54. The van der Waals surface area contributed by atoms with Crippen LogP contribution < -0.4 is 10.1 Å². The largest absolute Gasteiger partial charge is 0.491 e. The quantitative estimate of drug-likeness (QED) is 0.639. The molecular formula is C12H10F3NO4. The number of carbonyl (C=O) groups is 2. The number of halogens is 3. The molecule has 5 nitrogen and oxygen atoms in total. The van der Waals surface area contributed by atoms with Gasteiger partial charge < -0.3 is 15.2 Å². The number of carboxylic acid groups (broad SMARTS) is 1. The van der Waals surface area contributed by atoms with Crippen molar-refractivity contribution in [2.24, 2.45) is 0 Å². The number of carbonyl (C=O) groups excluding carboxylic acids is 1. The van der Waals surface area contributed by atoms with E-state index in [1.165, 1.54) is 6.08 Å². The van der Waals surface area contributed by atoms with E-state index in [4.69, 9.17) is 5.11 Å². The predicted molar refractivity (Wildman–Crippen MR) is 62.4 cm³/mol. The molecule has 0 aliphatic carbocycles. The van der Waals surface area contributed by atoms with Gasteiger partial charge in [0.25, 0.3) is 5.91 Å². The van der Waals surface area contributed by atoms with Gasteiger partial charge in [-0.25, -0.2) is 13.6 Å². The number of aromatic carboxylic acids is 1. The van der Waals surface area contributed by atoms with Crippen molar-refractivity contribution < 1.29 is 32.6 Å². The summed E-state index contributed by atoms with van der Waals surface area (Å²) in [6.45, 7) is 3.14. The van der Waals surface area contributed by atoms with Crippen LogP contribution in [0.1, 0.15) is 20.7 Å². The standard InChI is InChI=1S/C12H10F3NO4/c1-3-4-16-11(17)5-6(12(18)19)8(14)10(20-2)9(15)7(5)13/h3H,1,4H2,2H3,(H,16,17)(H,18,19). The first-order valence-corrected chi connectivity index (χ1v) is 5.23. The minimum Gasteiger partial charge on any atom is -0.491 e. The lowest BCUT2D eigenvalue weighted by molar-refractivity contribution is 0.0683. The van der Waals surface area contributed by atoms with Crippen molar-refractivity contribution in [1.82, 2.24) is 5.32 Å². The molecule has 0 fully saturated rings. The van der Waals surface area contributed by atoms with E-state index in [0.29, 0.717) is 0 Å². The monoisotopic (exact) mass is 289 g/mol. The summed E-state index contributed by atoms with van der Waals surface area (Å²) in [7, 11) is 0.837. The number of carboxylic acids is 1. The molecule has 20 heavy (non-hydrogen) atoms. The highest BCUT2D eigenvalue weighted by molar-refractivity contribution is 6.05. The van der Waals surface area contributed by atoms with Crippen molar-refractivity contribution in [2.75, 3.05) is 13.7 Å². The molecule has 0 spiro atoms. The number of methoxy groups -OCH3 is 1. The van der Waals surface area contributed by atoms with Gasteiger partial charge in [0.05, 0.1) is 12.7 Å². The van der Waals surface area contributed by atoms with E-state index in [-0.39, 0.29) is 6.54 Å². The third-order valence-electron chi connectivity index (χ3n) is 2.33. The molecule has 0 bridgehead atoms. The van der Waals surface area contributed by atoms with Crippen LogP contribution in [0.25, 0.3) is 0 Å². The lowest BCUT2D eigenvalue weighted by Crippen LogP contribution is -2.28. The summed E-state index contributed by atoms with van der Waals surface area (Å²) < 4.78 is 45.3. The maximum absolute atomic E-state index is 13.8. The minimum absolute atomic E-state index is 0.132. The molecule has 0 heterocycles.